The highest BCUT2D eigenvalue weighted by molar-refractivity contribution is 5.96. The topological polar surface area (TPSA) is 71.1 Å². The summed E-state index contributed by atoms with van der Waals surface area (Å²) in [4.78, 5) is 28.5. The predicted molar refractivity (Wildman–Crippen MR) is 98.6 cm³/mol. The Morgan fingerprint density at radius 1 is 1.00 bits per heavy atom. The number of carbonyl (C=O) groups excluding carboxylic acids is 2. The lowest BCUT2D eigenvalue weighted by Crippen LogP contribution is -2.33. The van der Waals surface area contributed by atoms with Gasteiger partial charge in [0.15, 0.2) is 0 Å². The Balaban J connectivity index is 1.85. The number of aromatic nitrogens is 1. The van der Waals surface area contributed by atoms with Crippen LogP contribution in [0.3, 0.4) is 0 Å². The van der Waals surface area contributed by atoms with Crippen molar-refractivity contribution >= 4 is 11.8 Å². The first-order chi connectivity index (χ1) is 12.1. The lowest BCUT2D eigenvalue weighted by atomic mass is 10.1. The molecule has 0 aliphatic rings. The fourth-order valence-electron chi connectivity index (χ4n) is 2.32. The second-order valence-electron chi connectivity index (χ2n) is 6.04. The SMILES string of the molecule is CCC(C)NC(=O)c1cccc(C(=O)NCCCc2ccccc2)n1. The quantitative estimate of drug-likeness (QED) is 0.726. The van der Waals surface area contributed by atoms with Crippen molar-refractivity contribution in [3.8, 4) is 0 Å². The normalized spacial score (nSPS) is 11.6. The van der Waals surface area contributed by atoms with E-state index in [-0.39, 0.29) is 29.2 Å². The number of carbonyl (C=O) groups is 2. The van der Waals surface area contributed by atoms with E-state index in [1.54, 1.807) is 18.2 Å². The fourth-order valence-corrected chi connectivity index (χ4v) is 2.32. The van der Waals surface area contributed by atoms with Crippen LogP contribution in [0.4, 0.5) is 0 Å². The standard InChI is InChI=1S/C20H25N3O2/c1-3-15(2)22-20(25)18-13-7-12-17(23-18)19(24)21-14-8-11-16-9-5-4-6-10-16/h4-7,9-10,12-13,15H,3,8,11,14H2,1-2H3,(H,21,24)(H,22,25). The van der Waals surface area contributed by atoms with Gasteiger partial charge in [0.05, 0.1) is 0 Å². The van der Waals surface area contributed by atoms with Crippen molar-refractivity contribution in [3.63, 3.8) is 0 Å². The Labute approximate surface area is 148 Å². The molecule has 132 valence electrons. The molecule has 2 aromatic rings. The average molecular weight is 339 g/mol. The summed E-state index contributed by atoms with van der Waals surface area (Å²) < 4.78 is 0. The summed E-state index contributed by atoms with van der Waals surface area (Å²) >= 11 is 0. The zero-order valence-corrected chi connectivity index (χ0v) is 14.8. The summed E-state index contributed by atoms with van der Waals surface area (Å²) in [6.07, 6.45) is 2.60. The Bertz CT molecular complexity index is 701. The minimum absolute atomic E-state index is 0.0739. The van der Waals surface area contributed by atoms with Gasteiger partial charge in [-0.3, -0.25) is 9.59 Å². The summed E-state index contributed by atoms with van der Waals surface area (Å²) in [5.41, 5.74) is 1.77. The minimum Gasteiger partial charge on any atom is -0.351 e. The molecule has 0 spiro atoms. The third-order valence-electron chi connectivity index (χ3n) is 3.97. The maximum atomic E-state index is 12.2. The van der Waals surface area contributed by atoms with Crippen molar-refractivity contribution in [3.05, 3.63) is 65.5 Å². The molecule has 2 N–H and O–H groups in total. The molecule has 0 saturated carbocycles. The zero-order chi connectivity index (χ0) is 18.1. The molecule has 1 heterocycles. The minimum atomic E-state index is -0.258. The summed E-state index contributed by atoms with van der Waals surface area (Å²) in [7, 11) is 0. The number of amides is 2. The van der Waals surface area contributed by atoms with E-state index in [0.29, 0.717) is 6.54 Å². The predicted octanol–water partition coefficient (Wildman–Crippen LogP) is 2.97. The molecule has 0 radical (unpaired) electrons. The Kier molecular flexibility index (Phi) is 7.14. The first-order valence-electron chi connectivity index (χ1n) is 8.70. The Hall–Kier alpha value is -2.69. The molecule has 0 aliphatic heterocycles. The number of aryl methyl sites for hydroxylation is 1. The van der Waals surface area contributed by atoms with E-state index in [4.69, 9.17) is 0 Å². The molecule has 1 aromatic heterocycles. The molecule has 0 saturated heterocycles. The highest BCUT2D eigenvalue weighted by Crippen LogP contribution is 2.03. The van der Waals surface area contributed by atoms with Gasteiger partial charge in [-0.15, -0.1) is 0 Å². The van der Waals surface area contributed by atoms with Gasteiger partial charge in [-0.1, -0.05) is 43.3 Å². The molecule has 1 atom stereocenters. The van der Waals surface area contributed by atoms with Crippen LogP contribution in [-0.4, -0.2) is 29.4 Å². The number of nitrogens with one attached hydrogen (secondary N) is 2. The molecule has 1 unspecified atom stereocenters. The van der Waals surface area contributed by atoms with E-state index in [1.165, 1.54) is 5.56 Å². The summed E-state index contributed by atoms with van der Waals surface area (Å²) in [5.74, 6) is -0.515. The molecule has 5 nitrogen and oxygen atoms in total. The van der Waals surface area contributed by atoms with Gasteiger partial charge in [0.1, 0.15) is 11.4 Å². The van der Waals surface area contributed by atoms with Gasteiger partial charge in [-0.25, -0.2) is 4.98 Å². The highest BCUT2D eigenvalue weighted by Gasteiger charge is 2.13. The van der Waals surface area contributed by atoms with Crippen LogP contribution in [0.2, 0.25) is 0 Å². The van der Waals surface area contributed by atoms with E-state index in [9.17, 15) is 9.59 Å². The molecule has 25 heavy (non-hydrogen) atoms. The van der Waals surface area contributed by atoms with E-state index < -0.39 is 0 Å². The fraction of sp³-hybridized carbons (Fsp3) is 0.350. The lowest BCUT2D eigenvalue weighted by Gasteiger charge is -2.11. The van der Waals surface area contributed by atoms with Gasteiger partial charge in [0.2, 0.25) is 0 Å². The number of benzene rings is 1. The second kappa shape index (κ2) is 9.57. The molecule has 0 aliphatic carbocycles. The van der Waals surface area contributed by atoms with Crippen molar-refractivity contribution in [1.82, 2.24) is 15.6 Å². The Morgan fingerprint density at radius 2 is 1.68 bits per heavy atom. The van der Waals surface area contributed by atoms with Crippen LogP contribution in [0.1, 0.15) is 53.2 Å². The van der Waals surface area contributed by atoms with Crippen molar-refractivity contribution in [1.29, 1.82) is 0 Å². The summed E-state index contributed by atoms with van der Waals surface area (Å²) in [6.45, 7) is 4.50. The van der Waals surface area contributed by atoms with Crippen LogP contribution in [0.5, 0.6) is 0 Å². The maximum absolute atomic E-state index is 12.2. The van der Waals surface area contributed by atoms with Crippen molar-refractivity contribution in [2.75, 3.05) is 6.54 Å². The third kappa shape index (κ3) is 6.03. The van der Waals surface area contributed by atoms with Crippen LogP contribution in [0.25, 0.3) is 0 Å². The highest BCUT2D eigenvalue weighted by atomic mass is 16.2. The van der Waals surface area contributed by atoms with Crippen LogP contribution in [0, 0.1) is 0 Å². The smallest absolute Gasteiger partial charge is 0.270 e. The first-order valence-corrected chi connectivity index (χ1v) is 8.70. The van der Waals surface area contributed by atoms with Crippen molar-refractivity contribution in [2.45, 2.75) is 39.2 Å². The molecule has 2 rings (SSSR count). The molecular formula is C20H25N3O2. The molecule has 5 heteroatoms. The summed E-state index contributed by atoms with van der Waals surface area (Å²) in [6, 6.07) is 15.1. The monoisotopic (exact) mass is 339 g/mol. The van der Waals surface area contributed by atoms with Gasteiger partial charge in [0.25, 0.3) is 11.8 Å². The van der Waals surface area contributed by atoms with Crippen molar-refractivity contribution < 1.29 is 9.59 Å². The van der Waals surface area contributed by atoms with Crippen LogP contribution in [-0.2, 0) is 6.42 Å². The number of hydrogen-bond acceptors (Lipinski definition) is 3. The molecule has 0 fully saturated rings. The maximum Gasteiger partial charge on any atom is 0.270 e. The number of nitrogens with zero attached hydrogens (tertiary/aromatic N) is 1. The van der Waals surface area contributed by atoms with E-state index in [0.717, 1.165) is 19.3 Å². The Morgan fingerprint density at radius 3 is 2.36 bits per heavy atom. The van der Waals surface area contributed by atoms with Gasteiger partial charge in [-0.05, 0) is 43.9 Å². The second-order valence-corrected chi connectivity index (χ2v) is 6.04. The van der Waals surface area contributed by atoms with Crippen LogP contribution < -0.4 is 10.6 Å². The molecular weight excluding hydrogens is 314 g/mol. The van der Waals surface area contributed by atoms with E-state index >= 15 is 0 Å². The first kappa shape index (κ1) is 18.6. The third-order valence-corrected chi connectivity index (χ3v) is 3.97. The summed E-state index contributed by atoms with van der Waals surface area (Å²) in [5, 5.41) is 5.70. The van der Waals surface area contributed by atoms with Crippen LogP contribution >= 0.6 is 0 Å². The lowest BCUT2D eigenvalue weighted by molar-refractivity contribution is 0.0933. The average Bonchev–Trinajstić information content (AvgIpc) is 2.65. The largest absolute Gasteiger partial charge is 0.351 e. The zero-order valence-electron chi connectivity index (χ0n) is 14.8. The molecule has 0 bridgehead atoms. The van der Waals surface area contributed by atoms with E-state index in [2.05, 4.69) is 27.8 Å². The van der Waals surface area contributed by atoms with Crippen LogP contribution in [0.15, 0.2) is 48.5 Å². The number of rotatable bonds is 8. The van der Waals surface area contributed by atoms with Crippen molar-refractivity contribution in [2.24, 2.45) is 0 Å². The molecule has 2 amide bonds. The van der Waals surface area contributed by atoms with Gasteiger partial charge in [-0.2, -0.15) is 0 Å². The van der Waals surface area contributed by atoms with Gasteiger partial charge < -0.3 is 10.6 Å². The van der Waals surface area contributed by atoms with Gasteiger partial charge in [0, 0.05) is 12.6 Å². The number of hydrogen-bond donors (Lipinski definition) is 2. The van der Waals surface area contributed by atoms with E-state index in [1.807, 2.05) is 32.0 Å². The van der Waals surface area contributed by atoms with Gasteiger partial charge >= 0.3 is 0 Å². The number of pyridine rings is 1. The molecule has 1 aromatic carbocycles.